The first-order chi connectivity index (χ1) is 13.7. The average Bonchev–Trinajstić information content (AvgIpc) is 2.66. The predicted octanol–water partition coefficient (Wildman–Crippen LogP) is 3.78. The van der Waals surface area contributed by atoms with E-state index in [1.807, 2.05) is 20.8 Å². The highest BCUT2D eigenvalue weighted by atomic mass is 35.5. The summed E-state index contributed by atoms with van der Waals surface area (Å²) >= 11 is 6.05. The SMILES string of the molecule is Cc1ccc(S(=O)(=O)N(CC(=O)NCCCOC(C)C)c2cccc(Cl)c2)cc1. The third-order valence-corrected chi connectivity index (χ3v) is 6.11. The van der Waals surface area contributed by atoms with Crippen LogP contribution >= 0.6 is 11.6 Å². The molecule has 2 aromatic carbocycles. The third-order valence-electron chi connectivity index (χ3n) is 4.09. The summed E-state index contributed by atoms with van der Waals surface area (Å²) in [6, 6.07) is 12.9. The number of ether oxygens (including phenoxy) is 1. The van der Waals surface area contributed by atoms with Gasteiger partial charge in [-0.1, -0.05) is 35.4 Å². The van der Waals surface area contributed by atoms with Gasteiger partial charge in [-0.05, 0) is 57.5 Å². The number of carbonyl (C=O) groups excluding carboxylic acids is 1. The number of nitrogens with zero attached hydrogens (tertiary/aromatic N) is 1. The number of hydrogen-bond acceptors (Lipinski definition) is 4. The van der Waals surface area contributed by atoms with Crippen LogP contribution in [0.25, 0.3) is 0 Å². The van der Waals surface area contributed by atoms with Gasteiger partial charge in [0.05, 0.1) is 16.7 Å². The maximum Gasteiger partial charge on any atom is 0.264 e. The van der Waals surface area contributed by atoms with Crippen LogP contribution < -0.4 is 9.62 Å². The van der Waals surface area contributed by atoms with E-state index in [0.29, 0.717) is 30.3 Å². The smallest absolute Gasteiger partial charge is 0.264 e. The van der Waals surface area contributed by atoms with Crippen LogP contribution in [0, 0.1) is 6.92 Å². The number of carbonyl (C=O) groups is 1. The summed E-state index contributed by atoms with van der Waals surface area (Å²) in [6.07, 6.45) is 0.773. The third kappa shape index (κ3) is 7.03. The van der Waals surface area contributed by atoms with Crippen molar-refractivity contribution in [3.05, 3.63) is 59.1 Å². The first-order valence-corrected chi connectivity index (χ1v) is 11.2. The number of anilines is 1. The zero-order valence-corrected chi connectivity index (χ0v) is 18.5. The fourth-order valence-corrected chi connectivity index (χ4v) is 4.19. The molecule has 0 aromatic heterocycles. The van der Waals surface area contributed by atoms with Crippen LogP contribution in [-0.4, -0.2) is 40.1 Å². The topological polar surface area (TPSA) is 75.7 Å². The van der Waals surface area contributed by atoms with E-state index in [2.05, 4.69) is 5.32 Å². The summed E-state index contributed by atoms with van der Waals surface area (Å²) < 4.78 is 33.0. The van der Waals surface area contributed by atoms with Gasteiger partial charge in [0, 0.05) is 18.2 Å². The van der Waals surface area contributed by atoms with Gasteiger partial charge in [0.15, 0.2) is 0 Å². The lowest BCUT2D eigenvalue weighted by Crippen LogP contribution is -2.41. The highest BCUT2D eigenvalue weighted by Crippen LogP contribution is 2.26. The standard InChI is InChI=1S/C21H27ClN2O4S/c1-16(2)28-13-5-12-23-21(25)15-24(19-7-4-6-18(22)14-19)29(26,27)20-10-8-17(3)9-11-20/h4,6-11,14,16H,5,12-13,15H2,1-3H3,(H,23,25). The molecule has 8 heteroatoms. The van der Waals surface area contributed by atoms with Crippen LogP contribution in [0.15, 0.2) is 53.4 Å². The fourth-order valence-electron chi connectivity index (χ4n) is 2.59. The molecular formula is C21H27ClN2O4S. The van der Waals surface area contributed by atoms with Gasteiger partial charge < -0.3 is 10.1 Å². The molecule has 0 aliphatic rings. The highest BCUT2D eigenvalue weighted by Gasteiger charge is 2.27. The second-order valence-corrected chi connectivity index (χ2v) is 9.23. The van der Waals surface area contributed by atoms with Gasteiger partial charge in [-0.25, -0.2) is 8.42 Å². The van der Waals surface area contributed by atoms with Gasteiger partial charge in [0.2, 0.25) is 5.91 Å². The summed E-state index contributed by atoms with van der Waals surface area (Å²) in [5.74, 6) is -0.398. The highest BCUT2D eigenvalue weighted by molar-refractivity contribution is 7.92. The van der Waals surface area contributed by atoms with E-state index in [4.69, 9.17) is 16.3 Å². The lowest BCUT2D eigenvalue weighted by atomic mass is 10.2. The van der Waals surface area contributed by atoms with Crippen molar-refractivity contribution >= 4 is 33.2 Å². The minimum atomic E-state index is -3.94. The molecule has 0 fully saturated rings. The molecule has 0 aliphatic carbocycles. The Morgan fingerprint density at radius 2 is 1.86 bits per heavy atom. The molecule has 0 heterocycles. The number of aryl methyl sites for hydroxylation is 1. The molecule has 1 amide bonds. The minimum absolute atomic E-state index is 0.112. The first-order valence-electron chi connectivity index (χ1n) is 9.43. The molecule has 0 saturated heterocycles. The van der Waals surface area contributed by atoms with Crippen LogP contribution in [0.1, 0.15) is 25.8 Å². The van der Waals surface area contributed by atoms with Crippen molar-refractivity contribution in [3.8, 4) is 0 Å². The zero-order valence-electron chi connectivity index (χ0n) is 16.9. The molecule has 0 saturated carbocycles. The summed E-state index contributed by atoms with van der Waals surface area (Å²) in [6.45, 7) is 6.34. The fraction of sp³-hybridized carbons (Fsp3) is 0.381. The van der Waals surface area contributed by atoms with Gasteiger partial charge in [-0.2, -0.15) is 0 Å². The van der Waals surface area contributed by atoms with Gasteiger partial charge in [0.25, 0.3) is 10.0 Å². The second kappa shape index (κ2) is 10.6. The Bertz CT molecular complexity index is 915. The maximum absolute atomic E-state index is 13.2. The molecule has 0 unspecified atom stereocenters. The molecule has 0 atom stereocenters. The van der Waals surface area contributed by atoms with Gasteiger partial charge in [-0.15, -0.1) is 0 Å². The van der Waals surface area contributed by atoms with E-state index in [-0.39, 0.29) is 17.5 Å². The van der Waals surface area contributed by atoms with Crippen LogP contribution in [0.3, 0.4) is 0 Å². The van der Waals surface area contributed by atoms with E-state index in [9.17, 15) is 13.2 Å². The van der Waals surface area contributed by atoms with E-state index in [1.165, 1.54) is 18.2 Å². The number of rotatable bonds is 10. The maximum atomic E-state index is 13.2. The van der Waals surface area contributed by atoms with Crippen LogP contribution in [0.2, 0.25) is 5.02 Å². The number of halogens is 1. The number of amides is 1. The van der Waals surface area contributed by atoms with Crippen LogP contribution in [0.5, 0.6) is 0 Å². The Morgan fingerprint density at radius 3 is 2.48 bits per heavy atom. The van der Waals surface area contributed by atoms with Gasteiger partial charge in [0.1, 0.15) is 6.54 Å². The van der Waals surface area contributed by atoms with E-state index in [0.717, 1.165) is 9.87 Å². The van der Waals surface area contributed by atoms with Crippen molar-refractivity contribution in [3.63, 3.8) is 0 Å². The summed E-state index contributed by atoms with van der Waals surface area (Å²) in [7, 11) is -3.94. The quantitative estimate of drug-likeness (QED) is 0.573. The van der Waals surface area contributed by atoms with Crippen molar-refractivity contribution in [1.82, 2.24) is 5.32 Å². The van der Waals surface area contributed by atoms with Crippen molar-refractivity contribution in [1.29, 1.82) is 0 Å². The summed E-state index contributed by atoms with van der Waals surface area (Å²) in [5.41, 5.74) is 1.27. The Balaban J connectivity index is 2.18. The van der Waals surface area contributed by atoms with Crippen molar-refractivity contribution in [2.24, 2.45) is 0 Å². The number of benzene rings is 2. The molecule has 6 nitrogen and oxygen atoms in total. The van der Waals surface area contributed by atoms with E-state index in [1.54, 1.807) is 30.3 Å². The Labute approximate surface area is 177 Å². The molecular weight excluding hydrogens is 412 g/mol. The average molecular weight is 439 g/mol. The Morgan fingerprint density at radius 1 is 1.17 bits per heavy atom. The molecule has 0 bridgehead atoms. The molecule has 1 N–H and O–H groups in total. The number of sulfonamides is 1. The van der Waals surface area contributed by atoms with E-state index >= 15 is 0 Å². The largest absolute Gasteiger partial charge is 0.379 e. The molecule has 158 valence electrons. The Hall–Kier alpha value is -2.09. The Kier molecular flexibility index (Phi) is 8.49. The van der Waals surface area contributed by atoms with Gasteiger partial charge >= 0.3 is 0 Å². The van der Waals surface area contributed by atoms with Crippen molar-refractivity contribution in [2.75, 3.05) is 24.0 Å². The monoisotopic (exact) mass is 438 g/mol. The first kappa shape index (κ1) is 23.2. The second-order valence-electron chi connectivity index (χ2n) is 6.93. The molecule has 0 radical (unpaired) electrons. The zero-order chi connectivity index (χ0) is 21.4. The lowest BCUT2D eigenvalue weighted by Gasteiger charge is -2.24. The lowest BCUT2D eigenvalue weighted by molar-refractivity contribution is -0.119. The summed E-state index contributed by atoms with van der Waals surface area (Å²) in [5, 5.41) is 3.13. The van der Waals surface area contributed by atoms with Crippen molar-refractivity contribution in [2.45, 2.75) is 38.2 Å². The predicted molar refractivity (Wildman–Crippen MR) is 116 cm³/mol. The van der Waals surface area contributed by atoms with Crippen LogP contribution in [-0.2, 0) is 19.6 Å². The molecule has 2 rings (SSSR count). The number of nitrogens with one attached hydrogen (secondary N) is 1. The van der Waals surface area contributed by atoms with Crippen LogP contribution in [0.4, 0.5) is 5.69 Å². The normalized spacial score (nSPS) is 11.5. The molecule has 2 aromatic rings. The number of hydrogen-bond donors (Lipinski definition) is 1. The summed E-state index contributed by atoms with van der Waals surface area (Å²) in [4.78, 5) is 12.6. The molecule has 0 spiro atoms. The molecule has 0 aliphatic heterocycles. The van der Waals surface area contributed by atoms with E-state index < -0.39 is 15.9 Å². The van der Waals surface area contributed by atoms with Gasteiger partial charge in [-0.3, -0.25) is 9.10 Å². The molecule has 29 heavy (non-hydrogen) atoms. The minimum Gasteiger partial charge on any atom is -0.379 e. The van der Waals surface area contributed by atoms with Crippen molar-refractivity contribution < 1.29 is 17.9 Å².